The topological polar surface area (TPSA) is 105 Å². The minimum atomic E-state index is -1.39. The van der Waals surface area contributed by atoms with Crippen molar-refractivity contribution in [1.29, 1.82) is 0 Å². The summed E-state index contributed by atoms with van der Waals surface area (Å²) in [6, 6.07) is 8.70. The molecular weight excluding hydrogens is 408 g/mol. The first-order chi connectivity index (χ1) is 15.0. The van der Waals surface area contributed by atoms with Crippen LogP contribution in [-0.2, 0) is 16.9 Å². The van der Waals surface area contributed by atoms with E-state index in [4.69, 9.17) is 14.6 Å². The molecule has 0 aliphatic carbocycles. The Balaban J connectivity index is 1.57. The van der Waals surface area contributed by atoms with Crippen molar-refractivity contribution >= 4 is 11.6 Å². The maximum Gasteiger partial charge on any atom is 0.253 e. The quantitative estimate of drug-likeness (QED) is 0.531. The van der Waals surface area contributed by atoms with Crippen LogP contribution in [0.25, 0.3) is 0 Å². The summed E-state index contributed by atoms with van der Waals surface area (Å²) in [5, 5.41) is 12.7. The number of nitrogens with one attached hydrogen (secondary N) is 1. The number of primary amides is 1. The van der Waals surface area contributed by atoms with E-state index in [2.05, 4.69) is 5.32 Å². The maximum atomic E-state index is 13.7. The van der Waals surface area contributed by atoms with E-state index in [9.17, 15) is 18.7 Å². The van der Waals surface area contributed by atoms with Crippen molar-refractivity contribution in [2.45, 2.75) is 31.0 Å². The summed E-state index contributed by atoms with van der Waals surface area (Å²) in [7, 11) is 0. The van der Waals surface area contributed by atoms with Gasteiger partial charge in [0.25, 0.3) is 5.91 Å². The molecule has 4 N–H and O–H groups in total. The highest BCUT2D eigenvalue weighted by Gasteiger charge is 2.51. The Kier molecular flexibility index (Phi) is 5.79. The van der Waals surface area contributed by atoms with Gasteiger partial charge in [-0.3, -0.25) is 9.69 Å². The van der Waals surface area contributed by atoms with Crippen molar-refractivity contribution in [2.75, 3.05) is 18.4 Å². The van der Waals surface area contributed by atoms with Gasteiger partial charge in [-0.05, 0) is 43.2 Å². The van der Waals surface area contributed by atoms with Gasteiger partial charge in [0, 0.05) is 36.4 Å². The molecule has 0 bridgehead atoms. The van der Waals surface area contributed by atoms with E-state index in [0.717, 1.165) is 12.1 Å². The van der Waals surface area contributed by atoms with Crippen LogP contribution in [0, 0.1) is 11.6 Å². The van der Waals surface area contributed by atoms with Crippen LogP contribution in [0.2, 0.25) is 0 Å². The van der Waals surface area contributed by atoms with E-state index < -0.39 is 29.7 Å². The number of carbonyl (C=O) groups excluding carboxylic acids is 1. The first kappa shape index (κ1) is 21.1. The number of hydrogen-bond donors (Lipinski definition) is 3. The minimum absolute atomic E-state index is 0.0785. The number of likely N-dealkylation sites (tertiary alicyclic amines) is 1. The predicted octanol–water partition coefficient (Wildman–Crippen LogP) is 2.95. The Bertz CT molecular complexity index is 995. The summed E-state index contributed by atoms with van der Waals surface area (Å²) in [6.45, 7) is 0.500. The van der Waals surface area contributed by atoms with E-state index in [1.807, 2.05) is 4.90 Å². The fourth-order valence-electron chi connectivity index (χ4n) is 4.23. The van der Waals surface area contributed by atoms with E-state index in [0.29, 0.717) is 43.1 Å². The summed E-state index contributed by atoms with van der Waals surface area (Å²) in [4.78, 5) is 14.7. The fourth-order valence-corrected chi connectivity index (χ4v) is 4.23. The molecule has 3 heterocycles. The Morgan fingerprint density at radius 3 is 2.19 bits per heavy atom. The number of nitrogens with zero attached hydrogens (tertiary/aromatic N) is 1. The lowest BCUT2D eigenvalue weighted by Gasteiger charge is -2.42. The highest BCUT2D eigenvalue weighted by molar-refractivity contribution is 5.88. The number of halogens is 2. The first-order valence-corrected chi connectivity index (χ1v) is 9.95. The number of amides is 1. The summed E-state index contributed by atoms with van der Waals surface area (Å²) in [6.07, 6.45) is 4.12. The summed E-state index contributed by atoms with van der Waals surface area (Å²) < 4.78 is 38.3. The second kappa shape index (κ2) is 8.52. The van der Waals surface area contributed by atoms with E-state index in [1.165, 1.54) is 12.5 Å². The normalized spacial score (nSPS) is 15.8. The molecule has 4 rings (SSSR count). The molecule has 0 radical (unpaired) electrons. The van der Waals surface area contributed by atoms with Crippen molar-refractivity contribution in [3.05, 3.63) is 77.6 Å². The van der Waals surface area contributed by atoms with Crippen molar-refractivity contribution in [3.63, 3.8) is 0 Å². The summed E-state index contributed by atoms with van der Waals surface area (Å²) in [5.74, 6) is -1.88. The van der Waals surface area contributed by atoms with Gasteiger partial charge in [-0.2, -0.15) is 0 Å². The number of anilines is 1. The largest absolute Gasteiger partial charge is 0.466 e. The SMILES string of the molecule is NC(=O)C(c1ccco1)(c1ccco1)N1CCC(Nc2cc(F)c(F)cc2CO)CC1. The van der Waals surface area contributed by atoms with Crippen LogP contribution in [0.3, 0.4) is 0 Å². The van der Waals surface area contributed by atoms with Crippen LogP contribution in [0.4, 0.5) is 14.5 Å². The molecule has 1 amide bonds. The minimum Gasteiger partial charge on any atom is -0.466 e. The van der Waals surface area contributed by atoms with Gasteiger partial charge in [-0.1, -0.05) is 0 Å². The first-order valence-electron chi connectivity index (χ1n) is 9.95. The van der Waals surface area contributed by atoms with Crippen LogP contribution in [0.1, 0.15) is 29.9 Å². The molecule has 164 valence electrons. The van der Waals surface area contributed by atoms with Gasteiger partial charge in [-0.25, -0.2) is 8.78 Å². The number of hydrogen-bond acceptors (Lipinski definition) is 6. The standard InChI is InChI=1S/C22H23F2N3O4/c23-16-11-14(13-28)18(12-17(16)24)26-15-5-7-27(8-6-15)22(21(25)29,19-3-1-9-30-19)20-4-2-10-31-20/h1-4,9-12,15,26,28H,5-8,13H2,(H2,25,29). The molecule has 1 aromatic carbocycles. The highest BCUT2D eigenvalue weighted by atomic mass is 19.2. The average Bonchev–Trinajstić information content (AvgIpc) is 3.47. The lowest BCUT2D eigenvalue weighted by atomic mass is 9.87. The van der Waals surface area contributed by atoms with Crippen molar-refractivity contribution in [3.8, 4) is 0 Å². The van der Waals surface area contributed by atoms with Crippen molar-refractivity contribution < 1.29 is 27.5 Å². The maximum absolute atomic E-state index is 13.7. The Labute approximate surface area is 177 Å². The summed E-state index contributed by atoms with van der Waals surface area (Å²) >= 11 is 0. The van der Waals surface area contributed by atoms with Crippen molar-refractivity contribution in [2.24, 2.45) is 5.73 Å². The molecule has 9 heteroatoms. The Hall–Kier alpha value is -3.17. The monoisotopic (exact) mass is 431 g/mol. The number of aliphatic hydroxyl groups is 1. The number of carbonyl (C=O) groups is 1. The Morgan fingerprint density at radius 1 is 1.13 bits per heavy atom. The third-order valence-corrected chi connectivity index (χ3v) is 5.76. The number of benzene rings is 1. The fraction of sp³-hybridized carbons (Fsp3) is 0.318. The highest BCUT2D eigenvalue weighted by Crippen LogP contribution is 2.39. The van der Waals surface area contributed by atoms with Gasteiger partial charge >= 0.3 is 0 Å². The molecule has 0 saturated carbocycles. The zero-order chi connectivity index (χ0) is 22.0. The van der Waals surface area contributed by atoms with Gasteiger partial charge in [0.2, 0.25) is 5.54 Å². The molecule has 2 aromatic heterocycles. The second-order valence-electron chi connectivity index (χ2n) is 7.52. The zero-order valence-electron chi connectivity index (χ0n) is 16.7. The molecular formula is C22H23F2N3O4. The molecule has 3 aromatic rings. The lowest BCUT2D eigenvalue weighted by Crippen LogP contribution is -2.58. The molecule has 1 aliphatic rings. The third kappa shape index (κ3) is 3.70. The van der Waals surface area contributed by atoms with E-state index in [-0.39, 0.29) is 11.6 Å². The van der Waals surface area contributed by atoms with Gasteiger partial charge < -0.3 is 25.0 Å². The van der Waals surface area contributed by atoms with Crippen LogP contribution in [-0.4, -0.2) is 35.0 Å². The van der Waals surface area contributed by atoms with E-state index in [1.54, 1.807) is 24.3 Å². The summed E-state index contributed by atoms with van der Waals surface area (Å²) in [5.41, 5.74) is 5.12. The number of rotatable bonds is 7. The molecule has 0 atom stereocenters. The van der Waals surface area contributed by atoms with Crippen LogP contribution >= 0.6 is 0 Å². The van der Waals surface area contributed by atoms with Crippen LogP contribution in [0.15, 0.2) is 57.8 Å². The number of piperidine rings is 1. The number of furan rings is 2. The third-order valence-electron chi connectivity index (χ3n) is 5.76. The Morgan fingerprint density at radius 2 is 1.71 bits per heavy atom. The molecule has 1 aliphatic heterocycles. The lowest BCUT2D eigenvalue weighted by molar-refractivity contribution is -0.131. The molecule has 31 heavy (non-hydrogen) atoms. The van der Waals surface area contributed by atoms with E-state index >= 15 is 0 Å². The van der Waals surface area contributed by atoms with Crippen molar-refractivity contribution in [1.82, 2.24) is 4.90 Å². The predicted molar refractivity (Wildman–Crippen MR) is 108 cm³/mol. The average molecular weight is 431 g/mol. The van der Waals surface area contributed by atoms with Crippen LogP contribution in [0.5, 0.6) is 0 Å². The van der Waals surface area contributed by atoms with Gasteiger partial charge in [0.15, 0.2) is 11.6 Å². The molecule has 0 unspecified atom stereocenters. The number of aliphatic hydroxyl groups excluding tert-OH is 1. The smallest absolute Gasteiger partial charge is 0.253 e. The zero-order valence-corrected chi connectivity index (χ0v) is 16.7. The van der Waals surface area contributed by atoms with Crippen LogP contribution < -0.4 is 11.1 Å². The molecule has 0 spiro atoms. The molecule has 1 saturated heterocycles. The van der Waals surface area contributed by atoms with Gasteiger partial charge in [0.05, 0.1) is 19.1 Å². The van der Waals surface area contributed by atoms with Gasteiger partial charge in [0.1, 0.15) is 11.5 Å². The van der Waals surface area contributed by atoms with Gasteiger partial charge in [-0.15, -0.1) is 0 Å². The molecule has 7 nitrogen and oxygen atoms in total. The second-order valence-corrected chi connectivity index (χ2v) is 7.52. The molecule has 1 fully saturated rings. The number of nitrogens with two attached hydrogens (primary N) is 1.